The predicted octanol–water partition coefficient (Wildman–Crippen LogP) is 4.41. The first kappa shape index (κ1) is 17.8. The maximum absolute atomic E-state index is 14.3. The van der Waals surface area contributed by atoms with Gasteiger partial charge in [-0.2, -0.15) is 0 Å². The Balaban J connectivity index is 1.49. The third-order valence-electron chi connectivity index (χ3n) is 4.46. The monoisotopic (exact) mass is 378 g/mol. The highest BCUT2D eigenvalue weighted by atomic mass is 19.1. The van der Waals surface area contributed by atoms with Crippen molar-refractivity contribution in [1.29, 1.82) is 0 Å². The zero-order valence-corrected chi connectivity index (χ0v) is 14.7. The highest BCUT2D eigenvalue weighted by molar-refractivity contribution is 6.12. The molecule has 0 saturated carbocycles. The molecule has 140 valence electrons. The molecular weight excluding hydrogens is 362 g/mol. The van der Waals surface area contributed by atoms with Gasteiger partial charge in [-0.15, -0.1) is 0 Å². The molecule has 1 amide bonds. The second-order valence-corrected chi connectivity index (χ2v) is 6.32. The van der Waals surface area contributed by atoms with Crippen molar-refractivity contribution in [3.05, 3.63) is 83.7 Å². The Labute approximate surface area is 160 Å². The molecule has 1 aliphatic rings. The summed E-state index contributed by atoms with van der Waals surface area (Å²) in [6.07, 6.45) is 4.68. The molecule has 2 aromatic carbocycles. The number of rotatable bonds is 5. The minimum Gasteiger partial charge on any atom is -0.379 e. The number of fused-ring (bicyclic) bond motifs is 1. The zero-order chi connectivity index (χ0) is 19.5. The molecule has 2 N–H and O–H groups in total. The fourth-order valence-electron chi connectivity index (χ4n) is 3.03. The number of carbonyl (C=O) groups excluding carboxylic acids is 1. The third kappa shape index (κ3) is 3.59. The first-order chi connectivity index (χ1) is 13.6. The van der Waals surface area contributed by atoms with E-state index in [4.69, 9.17) is 0 Å². The molecule has 0 spiro atoms. The summed E-state index contributed by atoms with van der Waals surface area (Å²) < 4.78 is 28.4. The standard InChI is InChI=1S/C21H16F2N4O/c22-16-2-1-3-19-20(16)15(21(28)27-19)12-25-14-4-5-18(17(23)10-14)26-11-13-6-8-24-9-7-13/h1-10,12,15,26H,11H2,(H,27,28). The number of nitrogens with zero attached hydrogens (tertiary/aromatic N) is 2. The Morgan fingerprint density at radius 2 is 1.93 bits per heavy atom. The number of aliphatic imine (C=N–C) groups is 1. The number of amides is 1. The van der Waals surface area contributed by atoms with E-state index in [1.165, 1.54) is 24.4 Å². The topological polar surface area (TPSA) is 66.4 Å². The van der Waals surface area contributed by atoms with Gasteiger partial charge >= 0.3 is 0 Å². The average Bonchev–Trinajstić information content (AvgIpc) is 3.03. The van der Waals surface area contributed by atoms with Crippen molar-refractivity contribution in [2.24, 2.45) is 4.99 Å². The fourth-order valence-corrected chi connectivity index (χ4v) is 3.03. The number of pyridine rings is 1. The van der Waals surface area contributed by atoms with Gasteiger partial charge in [0.2, 0.25) is 5.91 Å². The molecule has 1 unspecified atom stereocenters. The van der Waals surface area contributed by atoms with E-state index in [0.717, 1.165) is 5.56 Å². The van der Waals surface area contributed by atoms with Gasteiger partial charge in [0.15, 0.2) is 0 Å². The molecule has 0 bridgehead atoms. The summed E-state index contributed by atoms with van der Waals surface area (Å²) in [6, 6.07) is 12.6. The van der Waals surface area contributed by atoms with Crippen LogP contribution in [0.3, 0.4) is 0 Å². The summed E-state index contributed by atoms with van der Waals surface area (Å²) in [7, 11) is 0. The highest BCUT2D eigenvalue weighted by Crippen LogP contribution is 2.34. The van der Waals surface area contributed by atoms with Gasteiger partial charge in [-0.1, -0.05) is 6.07 Å². The van der Waals surface area contributed by atoms with Crippen molar-refractivity contribution in [3.63, 3.8) is 0 Å². The number of halogens is 2. The number of aromatic nitrogens is 1. The van der Waals surface area contributed by atoms with Gasteiger partial charge in [0.25, 0.3) is 0 Å². The molecule has 0 radical (unpaired) electrons. The molecule has 3 aromatic rings. The molecule has 4 rings (SSSR count). The van der Waals surface area contributed by atoms with E-state index in [1.54, 1.807) is 30.6 Å². The Morgan fingerprint density at radius 1 is 1.11 bits per heavy atom. The molecule has 1 aliphatic heterocycles. The van der Waals surface area contributed by atoms with Crippen LogP contribution in [0, 0.1) is 11.6 Å². The van der Waals surface area contributed by atoms with E-state index in [-0.39, 0.29) is 11.5 Å². The molecular formula is C21H16F2N4O. The minimum atomic E-state index is -0.844. The van der Waals surface area contributed by atoms with Gasteiger partial charge < -0.3 is 10.6 Å². The molecule has 0 aliphatic carbocycles. The van der Waals surface area contributed by atoms with E-state index in [2.05, 4.69) is 20.6 Å². The van der Waals surface area contributed by atoms with Gasteiger partial charge in [-0.05, 0) is 42.0 Å². The summed E-state index contributed by atoms with van der Waals surface area (Å²) in [5.41, 5.74) is 2.34. The minimum absolute atomic E-state index is 0.257. The van der Waals surface area contributed by atoms with Crippen LogP contribution >= 0.6 is 0 Å². The van der Waals surface area contributed by atoms with Crippen molar-refractivity contribution >= 4 is 29.2 Å². The van der Waals surface area contributed by atoms with Crippen LogP contribution in [0.4, 0.5) is 25.8 Å². The van der Waals surface area contributed by atoms with E-state index < -0.39 is 17.6 Å². The van der Waals surface area contributed by atoms with Crippen molar-refractivity contribution in [1.82, 2.24) is 4.98 Å². The molecule has 28 heavy (non-hydrogen) atoms. The second kappa shape index (κ2) is 7.56. The predicted molar refractivity (Wildman–Crippen MR) is 104 cm³/mol. The van der Waals surface area contributed by atoms with Crippen molar-refractivity contribution in [2.75, 3.05) is 10.6 Å². The number of carbonyl (C=O) groups is 1. The van der Waals surface area contributed by atoms with Crippen LogP contribution in [0.2, 0.25) is 0 Å². The number of benzene rings is 2. The van der Waals surface area contributed by atoms with Crippen LogP contribution in [0.15, 0.2) is 65.9 Å². The van der Waals surface area contributed by atoms with E-state index >= 15 is 0 Å². The van der Waals surface area contributed by atoms with Crippen LogP contribution in [-0.2, 0) is 11.3 Å². The molecule has 0 fully saturated rings. The fraction of sp³-hybridized carbons (Fsp3) is 0.0952. The molecule has 7 heteroatoms. The SMILES string of the molecule is O=C1Nc2cccc(F)c2C1C=Nc1ccc(NCc2ccncc2)c(F)c1. The van der Waals surface area contributed by atoms with E-state index in [0.29, 0.717) is 23.6 Å². The second-order valence-electron chi connectivity index (χ2n) is 6.32. The normalized spacial score (nSPS) is 15.5. The summed E-state index contributed by atoms with van der Waals surface area (Å²) in [5.74, 6) is -2.15. The van der Waals surface area contributed by atoms with Crippen molar-refractivity contribution in [2.45, 2.75) is 12.5 Å². The summed E-state index contributed by atoms with van der Waals surface area (Å²) in [6.45, 7) is 0.459. The summed E-state index contributed by atoms with van der Waals surface area (Å²) in [5, 5.41) is 5.63. The Bertz CT molecular complexity index is 1050. The van der Waals surface area contributed by atoms with Crippen LogP contribution in [0.25, 0.3) is 0 Å². The smallest absolute Gasteiger partial charge is 0.237 e. The molecule has 2 heterocycles. The Morgan fingerprint density at radius 3 is 2.71 bits per heavy atom. The first-order valence-electron chi connectivity index (χ1n) is 8.67. The number of anilines is 2. The molecule has 1 aromatic heterocycles. The van der Waals surface area contributed by atoms with Gasteiger partial charge in [-0.3, -0.25) is 14.8 Å². The lowest BCUT2D eigenvalue weighted by Gasteiger charge is -2.08. The summed E-state index contributed by atoms with van der Waals surface area (Å²) in [4.78, 5) is 20.2. The molecule has 1 atom stereocenters. The van der Waals surface area contributed by atoms with Gasteiger partial charge in [-0.25, -0.2) is 8.78 Å². The van der Waals surface area contributed by atoms with Crippen LogP contribution in [-0.4, -0.2) is 17.1 Å². The van der Waals surface area contributed by atoms with Crippen molar-refractivity contribution in [3.8, 4) is 0 Å². The van der Waals surface area contributed by atoms with Gasteiger partial charge in [0, 0.05) is 42.5 Å². The Kier molecular flexibility index (Phi) is 4.80. The zero-order valence-electron chi connectivity index (χ0n) is 14.7. The number of nitrogens with one attached hydrogen (secondary N) is 2. The lowest BCUT2D eigenvalue weighted by atomic mass is 10.0. The maximum atomic E-state index is 14.3. The molecule has 0 saturated heterocycles. The first-order valence-corrected chi connectivity index (χ1v) is 8.67. The summed E-state index contributed by atoms with van der Waals surface area (Å²) >= 11 is 0. The van der Waals surface area contributed by atoms with Crippen LogP contribution in [0.1, 0.15) is 17.0 Å². The Hall–Kier alpha value is -3.61. The highest BCUT2D eigenvalue weighted by Gasteiger charge is 2.31. The van der Waals surface area contributed by atoms with Crippen molar-refractivity contribution < 1.29 is 13.6 Å². The van der Waals surface area contributed by atoms with Crippen LogP contribution < -0.4 is 10.6 Å². The number of hydrogen-bond acceptors (Lipinski definition) is 4. The molecule has 5 nitrogen and oxygen atoms in total. The lowest BCUT2D eigenvalue weighted by Crippen LogP contribution is -2.13. The van der Waals surface area contributed by atoms with E-state index in [1.807, 2.05) is 12.1 Å². The quantitative estimate of drug-likeness (QED) is 0.647. The largest absolute Gasteiger partial charge is 0.379 e. The van der Waals surface area contributed by atoms with Gasteiger partial charge in [0.1, 0.15) is 17.6 Å². The average molecular weight is 378 g/mol. The third-order valence-corrected chi connectivity index (χ3v) is 4.46. The van der Waals surface area contributed by atoms with Crippen LogP contribution in [0.5, 0.6) is 0 Å². The lowest BCUT2D eigenvalue weighted by molar-refractivity contribution is -0.115. The van der Waals surface area contributed by atoms with E-state index in [9.17, 15) is 13.6 Å². The van der Waals surface area contributed by atoms with Gasteiger partial charge in [0.05, 0.1) is 11.4 Å². The maximum Gasteiger partial charge on any atom is 0.237 e. The number of hydrogen-bond donors (Lipinski definition) is 2.